The molecule has 2 aromatic rings. The highest BCUT2D eigenvalue weighted by molar-refractivity contribution is 9.08. The second kappa shape index (κ2) is 3.59. The van der Waals surface area contributed by atoms with Crippen LogP contribution in [0.2, 0.25) is 0 Å². The molecule has 0 amide bonds. The molecule has 0 unspecified atom stereocenters. The summed E-state index contributed by atoms with van der Waals surface area (Å²) in [6.45, 7) is 0. The Labute approximate surface area is 93.3 Å². The van der Waals surface area contributed by atoms with Gasteiger partial charge in [0.1, 0.15) is 0 Å². The van der Waals surface area contributed by atoms with E-state index in [0.717, 1.165) is 15.6 Å². The lowest BCUT2D eigenvalue weighted by molar-refractivity contribution is 0.624. The lowest BCUT2D eigenvalue weighted by Crippen LogP contribution is -1.76. The molecule has 0 atom stereocenters. The van der Waals surface area contributed by atoms with E-state index in [0.29, 0.717) is 9.60 Å². The number of hydrogen-bond acceptors (Lipinski definition) is 2. The minimum atomic E-state index is -0.203. The van der Waals surface area contributed by atoms with Crippen LogP contribution in [0.25, 0.3) is 10.1 Å². The van der Waals surface area contributed by atoms with Gasteiger partial charge in [-0.1, -0.05) is 22.0 Å². The predicted molar refractivity (Wildman–Crippen MR) is 61.7 cm³/mol. The maximum atomic E-state index is 13.4. The SMILES string of the molecule is Fc1c(S)sc2ccc(CBr)cc12. The van der Waals surface area contributed by atoms with Gasteiger partial charge in [0.15, 0.2) is 5.82 Å². The monoisotopic (exact) mass is 276 g/mol. The number of halogens is 2. The number of hydrogen-bond donors (Lipinski definition) is 1. The Hall–Kier alpha value is -0.0600. The van der Waals surface area contributed by atoms with E-state index >= 15 is 0 Å². The van der Waals surface area contributed by atoms with Crippen molar-refractivity contribution in [2.75, 3.05) is 0 Å². The zero-order valence-corrected chi connectivity index (χ0v) is 9.85. The van der Waals surface area contributed by atoms with Gasteiger partial charge in [-0.3, -0.25) is 0 Å². The van der Waals surface area contributed by atoms with Crippen molar-refractivity contribution < 1.29 is 4.39 Å². The van der Waals surface area contributed by atoms with E-state index in [1.165, 1.54) is 11.3 Å². The smallest absolute Gasteiger partial charge is 0.155 e. The Morgan fingerprint density at radius 3 is 2.92 bits per heavy atom. The fraction of sp³-hybridized carbons (Fsp3) is 0.111. The van der Waals surface area contributed by atoms with Crippen LogP contribution in [-0.4, -0.2) is 0 Å². The van der Waals surface area contributed by atoms with Gasteiger partial charge in [-0.2, -0.15) is 0 Å². The molecular weight excluding hydrogens is 271 g/mol. The van der Waals surface area contributed by atoms with Crippen molar-refractivity contribution >= 4 is 50.0 Å². The predicted octanol–water partition coefficient (Wildman–Crippen LogP) is 4.22. The molecule has 0 fully saturated rings. The van der Waals surface area contributed by atoms with E-state index in [1.807, 2.05) is 18.2 Å². The van der Waals surface area contributed by atoms with Crippen LogP contribution in [0, 0.1) is 5.82 Å². The molecule has 0 saturated carbocycles. The standard InChI is InChI=1S/C9H6BrFS2/c10-4-5-1-2-7-6(3-5)8(11)9(12)13-7/h1-3,12H,4H2. The molecule has 0 saturated heterocycles. The molecule has 0 radical (unpaired) electrons. The van der Waals surface area contributed by atoms with Gasteiger partial charge in [-0.15, -0.1) is 24.0 Å². The van der Waals surface area contributed by atoms with Crippen molar-refractivity contribution in [3.8, 4) is 0 Å². The molecule has 4 heteroatoms. The van der Waals surface area contributed by atoms with E-state index < -0.39 is 0 Å². The number of thiophene rings is 1. The van der Waals surface area contributed by atoms with E-state index in [9.17, 15) is 4.39 Å². The lowest BCUT2D eigenvalue weighted by Gasteiger charge is -1.94. The summed E-state index contributed by atoms with van der Waals surface area (Å²) in [6.07, 6.45) is 0. The zero-order valence-electron chi connectivity index (χ0n) is 6.55. The van der Waals surface area contributed by atoms with Gasteiger partial charge in [0.2, 0.25) is 0 Å². The highest BCUT2D eigenvalue weighted by Gasteiger charge is 2.08. The maximum Gasteiger partial charge on any atom is 0.155 e. The van der Waals surface area contributed by atoms with Crippen molar-refractivity contribution in [1.29, 1.82) is 0 Å². The third-order valence-electron chi connectivity index (χ3n) is 1.83. The Kier molecular flexibility index (Phi) is 2.62. The van der Waals surface area contributed by atoms with Gasteiger partial charge >= 0.3 is 0 Å². The number of alkyl halides is 1. The van der Waals surface area contributed by atoms with Gasteiger partial charge in [-0.05, 0) is 17.7 Å². The van der Waals surface area contributed by atoms with E-state index in [4.69, 9.17) is 0 Å². The molecule has 1 heterocycles. The molecule has 0 aliphatic heterocycles. The largest absolute Gasteiger partial charge is 0.204 e. The Balaban J connectivity index is 2.75. The fourth-order valence-corrected chi connectivity index (χ4v) is 2.75. The Morgan fingerprint density at radius 1 is 1.46 bits per heavy atom. The van der Waals surface area contributed by atoms with Gasteiger partial charge in [0.25, 0.3) is 0 Å². The van der Waals surface area contributed by atoms with Crippen molar-refractivity contribution in [1.82, 2.24) is 0 Å². The second-order valence-electron chi connectivity index (χ2n) is 2.69. The number of rotatable bonds is 1. The average Bonchev–Trinajstić information content (AvgIpc) is 2.43. The first-order valence-electron chi connectivity index (χ1n) is 3.68. The van der Waals surface area contributed by atoms with E-state index in [2.05, 4.69) is 28.6 Å². The number of benzene rings is 1. The minimum absolute atomic E-state index is 0.203. The van der Waals surface area contributed by atoms with Crippen LogP contribution in [0.5, 0.6) is 0 Å². The minimum Gasteiger partial charge on any atom is -0.204 e. The molecular formula is C9H6BrFS2. The van der Waals surface area contributed by atoms with Crippen molar-refractivity contribution in [2.24, 2.45) is 0 Å². The molecule has 0 bridgehead atoms. The average molecular weight is 277 g/mol. The van der Waals surface area contributed by atoms with E-state index in [1.54, 1.807) is 0 Å². The summed E-state index contributed by atoms with van der Waals surface area (Å²) in [5.41, 5.74) is 1.08. The first kappa shape index (κ1) is 9.49. The first-order valence-corrected chi connectivity index (χ1v) is 6.06. The molecule has 0 aliphatic carbocycles. The van der Waals surface area contributed by atoms with Gasteiger partial charge in [0, 0.05) is 15.4 Å². The summed E-state index contributed by atoms with van der Waals surface area (Å²) in [4.78, 5) is 0. The third kappa shape index (κ3) is 1.63. The summed E-state index contributed by atoms with van der Waals surface area (Å²) in [5.74, 6) is -0.203. The lowest BCUT2D eigenvalue weighted by atomic mass is 10.2. The molecule has 13 heavy (non-hydrogen) atoms. The summed E-state index contributed by atoms with van der Waals surface area (Å²) in [6, 6.07) is 5.77. The number of thiol groups is 1. The van der Waals surface area contributed by atoms with Crippen molar-refractivity contribution in [2.45, 2.75) is 9.54 Å². The van der Waals surface area contributed by atoms with Crippen LogP contribution in [0.3, 0.4) is 0 Å². The third-order valence-corrected chi connectivity index (χ3v) is 3.90. The van der Waals surface area contributed by atoms with Crippen LogP contribution < -0.4 is 0 Å². The quantitative estimate of drug-likeness (QED) is 0.585. The maximum absolute atomic E-state index is 13.4. The second-order valence-corrected chi connectivity index (χ2v) is 5.05. The molecule has 0 N–H and O–H groups in total. The van der Waals surface area contributed by atoms with E-state index in [-0.39, 0.29) is 5.82 Å². The molecule has 0 spiro atoms. The van der Waals surface area contributed by atoms with Crippen LogP contribution >= 0.6 is 39.9 Å². The normalized spacial score (nSPS) is 11.0. The first-order chi connectivity index (χ1) is 6.22. The van der Waals surface area contributed by atoms with Crippen LogP contribution in [-0.2, 0) is 5.33 Å². The summed E-state index contributed by atoms with van der Waals surface area (Å²) < 4.78 is 14.8. The molecule has 0 aliphatic rings. The summed E-state index contributed by atoms with van der Waals surface area (Å²) in [5, 5.41) is 1.42. The summed E-state index contributed by atoms with van der Waals surface area (Å²) in [7, 11) is 0. The Morgan fingerprint density at radius 2 is 2.23 bits per heavy atom. The molecule has 0 nitrogen and oxygen atoms in total. The Bertz CT molecular complexity index is 450. The highest BCUT2D eigenvalue weighted by atomic mass is 79.9. The molecule has 1 aromatic carbocycles. The molecule has 2 rings (SSSR count). The van der Waals surface area contributed by atoms with Crippen molar-refractivity contribution in [3.05, 3.63) is 29.6 Å². The zero-order chi connectivity index (χ0) is 9.42. The van der Waals surface area contributed by atoms with Crippen LogP contribution in [0.15, 0.2) is 22.4 Å². The van der Waals surface area contributed by atoms with Gasteiger partial charge < -0.3 is 0 Å². The highest BCUT2D eigenvalue weighted by Crippen LogP contribution is 2.33. The van der Waals surface area contributed by atoms with Crippen molar-refractivity contribution in [3.63, 3.8) is 0 Å². The van der Waals surface area contributed by atoms with Gasteiger partial charge in [-0.25, -0.2) is 4.39 Å². The van der Waals surface area contributed by atoms with Crippen LogP contribution in [0.1, 0.15) is 5.56 Å². The topological polar surface area (TPSA) is 0 Å². The molecule has 68 valence electrons. The number of fused-ring (bicyclic) bond motifs is 1. The molecule has 1 aromatic heterocycles. The fourth-order valence-electron chi connectivity index (χ4n) is 1.18. The summed E-state index contributed by atoms with van der Waals surface area (Å²) >= 11 is 8.76. The van der Waals surface area contributed by atoms with Gasteiger partial charge in [0.05, 0.1) is 4.21 Å². The van der Waals surface area contributed by atoms with Crippen LogP contribution in [0.4, 0.5) is 4.39 Å².